The SMILES string of the molecule is COc1cccc([C@H](C)NC(=O)CNC(=O)Nc2cccc(C(=N)N)c2)c1. The maximum atomic E-state index is 12.1. The maximum Gasteiger partial charge on any atom is 0.319 e. The van der Waals surface area contributed by atoms with E-state index in [4.69, 9.17) is 15.9 Å². The minimum absolute atomic E-state index is 0.0926. The summed E-state index contributed by atoms with van der Waals surface area (Å²) in [6.45, 7) is 1.67. The lowest BCUT2D eigenvalue weighted by molar-refractivity contribution is -0.120. The second kappa shape index (κ2) is 9.23. The minimum Gasteiger partial charge on any atom is -0.497 e. The van der Waals surface area contributed by atoms with Gasteiger partial charge in [0, 0.05) is 11.3 Å². The summed E-state index contributed by atoms with van der Waals surface area (Å²) in [7, 11) is 1.58. The highest BCUT2D eigenvalue weighted by molar-refractivity contribution is 5.97. The van der Waals surface area contributed by atoms with Crippen LogP contribution in [0.25, 0.3) is 0 Å². The fourth-order valence-corrected chi connectivity index (χ4v) is 2.39. The van der Waals surface area contributed by atoms with Crippen molar-refractivity contribution in [3.63, 3.8) is 0 Å². The van der Waals surface area contributed by atoms with E-state index in [0.29, 0.717) is 17.0 Å². The number of benzene rings is 2. The molecule has 0 aliphatic carbocycles. The molecular formula is C19H23N5O3. The lowest BCUT2D eigenvalue weighted by atomic mass is 10.1. The van der Waals surface area contributed by atoms with Crippen LogP contribution < -0.4 is 26.4 Å². The van der Waals surface area contributed by atoms with Crippen LogP contribution in [0.3, 0.4) is 0 Å². The van der Waals surface area contributed by atoms with Crippen molar-refractivity contribution in [1.82, 2.24) is 10.6 Å². The highest BCUT2D eigenvalue weighted by Gasteiger charge is 2.11. The molecule has 8 nitrogen and oxygen atoms in total. The van der Waals surface area contributed by atoms with Gasteiger partial charge >= 0.3 is 6.03 Å². The highest BCUT2D eigenvalue weighted by atomic mass is 16.5. The molecule has 2 aromatic carbocycles. The predicted molar refractivity (Wildman–Crippen MR) is 104 cm³/mol. The first-order valence-corrected chi connectivity index (χ1v) is 8.31. The third-order valence-corrected chi connectivity index (χ3v) is 3.81. The third-order valence-electron chi connectivity index (χ3n) is 3.81. The molecule has 0 spiro atoms. The third kappa shape index (κ3) is 6.03. The first kappa shape index (κ1) is 19.8. The van der Waals surface area contributed by atoms with Crippen molar-refractivity contribution in [2.45, 2.75) is 13.0 Å². The van der Waals surface area contributed by atoms with Gasteiger partial charge in [-0.05, 0) is 36.8 Å². The van der Waals surface area contributed by atoms with Gasteiger partial charge in [0.25, 0.3) is 0 Å². The topological polar surface area (TPSA) is 129 Å². The molecule has 2 rings (SSSR count). The Labute approximate surface area is 157 Å². The van der Waals surface area contributed by atoms with E-state index in [2.05, 4.69) is 16.0 Å². The number of ether oxygens (including phenoxy) is 1. The quantitative estimate of drug-likeness (QED) is 0.377. The van der Waals surface area contributed by atoms with Crippen molar-refractivity contribution >= 4 is 23.5 Å². The molecule has 0 aliphatic heterocycles. The zero-order valence-electron chi connectivity index (χ0n) is 15.2. The van der Waals surface area contributed by atoms with Crippen LogP contribution in [0.2, 0.25) is 0 Å². The number of carbonyl (C=O) groups excluding carboxylic acids is 2. The Hall–Kier alpha value is -3.55. The Bertz CT molecular complexity index is 838. The molecule has 0 saturated heterocycles. The van der Waals surface area contributed by atoms with Gasteiger partial charge < -0.3 is 26.4 Å². The molecule has 0 unspecified atom stereocenters. The average molecular weight is 369 g/mol. The van der Waals surface area contributed by atoms with E-state index in [-0.39, 0.29) is 24.3 Å². The number of hydrogen-bond donors (Lipinski definition) is 5. The molecule has 0 radical (unpaired) electrons. The standard InChI is InChI=1S/C19H23N5O3/c1-12(13-5-4-8-16(10-13)27-2)23-17(25)11-22-19(26)24-15-7-3-6-14(9-15)18(20)21/h3-10,12H,11H2,1-2H3,(H3,20,21)(H,23,25)(H2,22,24,26)/t12-/m0/s1. The van der Waals surface area contributed by atoms with Gasteiger partial charge in [0.05, 0.1) is 19.7 Å². The lowest BCUT2D eigenvalue weighted by Crippen LogP contribution is -2.39. The first-order valence-electron chi connectivity index (χ1n) is 8.31. The van der Waals surface area contributed by atoms with Crippen molar-refractivity contribution in [3.05, 3.63) is 59.7 Å². The molecule has 1 atom stereocenters. The number of anilines is 1. The van der Waals surface area contributed by atoms with Crippen molar-refractivity contribution in [1.29, 1.82) is 5.41 Å². The Balaban J connectivity index is 1.83. The minimum atomic E-state index is -0.528. The van der Waals surface area contributed by atoms with Crippen LogP contribution in [0, 0.1) is 5.41 Å². The van der Waals surface area contributed by atoms with Gasteiger partial charge in [0.1, 0.15) is 11.6 Å². The summed E-state index contributed by atoms with van der Waals surface area (Å²) in [4.78, 5) is 24.0. The first-order chi connectivity index (χ1) is 12.9. The number of rotatable bonds is 7. The summed E-state index contributed by atoms with van der Waals surface area (Å²) >= 11 is 0. The van der Waals surface area contributed by atoms with Gasteiger partial charge in [-0.3, -0.25) is 10.2 Å². The van der Waals surface area contributed by atoms with Crippen molar-refractivity contribution in [2.24, 2.45) is 5.73 Å². The van der Waals surface area contributed by atoms with E-state index in [1.54, 1.807) is 31.4 Å². The van der Waals surface area contributed by atoms with Crippen LogP contribution in [0.5, 0.6) is 5.75 Å². The lowest BCUT2D eigenvalue weighted by Gasteiger charge is -2.15. The molecule has 0 fully saturated rings. The van der Waals surface area contributed by atoms with E-state index < -0.39 is 6.03 Å². The Morgan fingerprint density at radius 3 is 2.63 bits per heavy atom. The van der Waals surface area contributed by atoms with Crippen LogP contribution in [-0.2, 0) is 4.79 Å². The number of amidine groups is 1. The monoisotopic (exact) mass is 369 g/mol. The van der Waals surface area contributed by atoms with Gasteiger partial charge in [-0.1, -0.05) is 24.3 Å². The van der Waals surface area contributed by atoms with Crippen molar-refractivity contribution < 1.29 is 14.3 Å². The molecule has 0 saturated carbocycles. The number of carbonyl (C=O) groups is 2. The zero-order valence-corrected chi connectivity index (χ0v) is 15.2. The fraction of sp³-hybridized carbons (Fsp3) is 0.211. The average Bonchev–Trinajstić information content (AvgIpc) is 2.66. The second-order valence-corrected chi connectivity index (χ2v) is 5.87. The number of hydrogen-bond acceptors (Lipinski definition) is 4. The van der Waals surface area contributed by atoms with Crippen LogP contribution >= 0.6 is 0 Å². The smallest absolute Gasteiger partial charge is 0.319 e. The highest BCUT2D eigenvalue weighted by Crippen LogP contribution is 2.18. The zero-order chi connectivity index (χ0) is 19.8. The fourth-order valence-electron chi connectivity index (χ4n) is 2.39. The molecule has 6 N–H and O–H groups in total. The molecule has 142 valence electrons. The maximum absolute atomic E-state index is 12.1. The van der Waals surface area contributed by atoms with E-state index in [0.717, 1.165) is 5.56 Å². The molecule has 2 aromatic rings. The molecule has 27 heavy (non-hydrogen) atoms. The Morgan fingerprint density at radius 2 is 1.93 bits per heavy atom. The van der Waals surface area contributed by atoms with Gasteiger partial charge in [0.2, 0.25) is 5.91 Å². The number of methoxy groups -OCH3 is 1. The predicted octanol–water partition coefficient (Wildman–Crippen LogP) is 1.98. The van der Waals surface area contributed by atoms with Gasteiger partial charge in [0.15, 0.2) is 0 Å². The van der Waals surface area contributed by atoms with Crippen molar-refractivity contribution in [3.8, 4) is 5.75 Å². The largest absolute Gasteiger partial charge is 0.497 e. The molecule has 0 aliphatic rings. The molecule has 0 bridgehead atoms. The van der Waals surface area contributed by atoms with Gasteiger partial charge in [-0.15, -0.1) is 0 Å². The summed E-state index contributed by atoms with van der Waals surface area (Å²) in [5.74, 6) is 0.293. The van der Waals surface area contributed by atoms with Gasteiger partial charge in [-0.2, -0.15) is 0 Å². The second-order valence-electron chi connectivity index (χ2n) is 5.87. The molecule has 0 aromatic heterocycles. The van der Waals surface area contributed by atoms with Gasteiger partial charge in [-0.25, -0.2) is 4.79 Å². The molecule has 3 amide bonds. The molecular weight excluding hydrogens is 346 g/mol. The Kier molecular flexibility index (Phi) is 6.76. The molecule has 0 heterocycles. The number of amides is 3. The summed E-state index contributed by atoms with van der Waals surface area (Å²) in [5, 5.41) is 15.3. The van der Waals surface area contributed by atoms with E-state index >= 15 is 0 Å². The number of nitrogens with one attached hydrogen (secondary N) is 4. The van der Waals surface area contributed by atoms with Crippen LogP contribution in [0.15, 0.2) is 48.5 Å². The summed E-state index contributed by atoms with van der Waals surface area (Å²) in [5.41, 5.74) is 7.29. The number of urea groups is 1. The van der Waals surface area contributed by atoms with Crippen LogP contribution in [0.4, 0.5) is 10.5 Å². The Morgan fingerprint density at radius 1 is 1.19 bits per heavy atom. The van der Waals surface area contributed by atoms with E-state index in [1.807, 2.05) is 31.2 Å². The van der Waals surface area contributed by atoms with E-state index in [1.165, 1.54) is 0 Å². The van der Waals surface area contributed by atoms with Crippen LogP contribution in [-0.4, -0.2) is 31.4 Å². The normalized spacial score (nSPS) is 11.2. The molecule has 8 heteroatoms. The summed E-state index contributed by atoms with van der Waals surface area (Å²) in [6.07, 6.45) is 0. The van der Waals surface area contributed by atoms with Crippen molar-refractivity contribution in [2.75, 3.05) is 19.0 Å². The van der Waals surface area contributed by atoms with E-state index in [9.17, 15) is 9.59 Å². The summed E-state index contributed by atoms with van der Waals surface area (Å²) in [6, 6.07) is 13.2. The van der Waals surface area contributed by atoms with Crippen LogP contribution in [0.1, 0.15) is 24.1 Å². The number of nitrogen functional groups attached to an aromatic ring is 1. The number of nitrogens with two attached hydrogens (primary N) is 1. The summed E-state index contributed by atoms with van der Waals surface area (Å²) < 4.78 is 5.17.